The maximum atomic E-state index is 13.9. The third kappa shape index (κ3) is 14.5. The molecule has 1 aromatic carbocycles. The van der Waals surface area contributed by atoms with E-state index < -0.39 is 53.6 Å². The topological polar surface area (TPSA) is 271 Å². The number of hydrogen-bond donors (Lipinski definition) is 10. The quantitative estimate of drug-likeness (QED) is 0.0729. The van der Waals surface area contributed by atoms with Gasteiger partial charge in [-0.05, 0) is 50.0 Å². The van der Waals surface area contributed by atoms with Crippen LogP contribution in [0.2, 0.25) is 0 Å². The summed E-state index contributed by atoms with van der Waals surface area (Å²) in [5.41, 5.74) is 6.46. The molecule has 11 N–H and O–H groups in total. The van der Waals surface area contributed by atoms with Crippen LogP contribution in [0.1, 0.15) is 84.6 Å². The second-order valence-corrected chi connectivity index (χ2v) is 18.5. The summed E-state index contributed by atoms with van der Waals surface area (Å²) in [5.74, 6) is -5.22. The Morgan fingerprint density at radius 3 is 1.78 bits per heavy atom. The third-order valence-corrected chi connectivity index (χ3v) is 13.0. The van der Waals surface area contributed by atoms with E-state index >= 15 is 0 Å². The maximum absolute atomic E-state index is 13.9. The molecule has 348 valence electrons. The molecule has 5 rings (SSSR count). The fourth-order valence-electron chi connectivity index (χ4n) is 9.59. The molecular formula is C45H70N10O8. The Kier molecular flexibility index (Phi) is 18.3. The van der Waals surface area contributed by atoms with Crippen molar-refractivity contribution < 1.29 is 38.4 Å². The first kappa shape index (κ1) is 48.9. The van der Waals surface area contributed by atoms with Crippen molar-refractivity contribution >= 4 is 47.3 Å². The number of primary amides is 1. The molecule has 2 aliphatic heterocycles. The Morgan fingerprint density at radius 1 is 0.635 bits per heavy atom. The number of hydrogen-bond acceptors (Lipinski definition) is 10. The minimum absolute atomic E-state index is 0.0261. The molecule has 0 aromatic heterocycles. The van der Waals surface area contributed by atoms with Gasteiger partial charge >= 0.3 is 0 Å². The Morgan fingerprint density at radius 2 is 1.19 bits per heavy atom. The molecule has 11 atom stereocenters. The molecule has 2 heterocycles. The van der Waals surface area contributed by atoms with Gasteiger partial charge in [0, 0.05) is 70.7 Å². The van der Waals surface area contributed by atoms with Gasteiger partial charge in [0.05, 0.1) is 47.6 Å². The third-order valence-electron chi connectivity index (χ3n) is 13.0. The van der Waals surface area contributed by atoms with Crippen molar-refractivity contribution in [3.8, 4) is 0 Å². The Labute approximate surface area is 370 Å². The summed E-state index contributed by atoms with van der Waals surface area (Å²) in [7, 11) is 0. The van der Waals surface area contributed by atoms with Gasteiger partial charge in [-0.1, -0.05) is 63.9 Å². The number of amides is 8. The molecular weight excluding hydrogens is 809 g/mol. The van der Waals surface area contributed by atoms with Crippen LogP contribution >= 0.6 is 0 Å². The number of nitrogens with one attached hydrogen (secondary N) is 9. The predicted octanol–water partition coefficient (Wildman–Crippen LogP) is -0.882. The van der Waals surface area contributed by atoms with Crippen LogP contribution in [-0.4, -0.2) is 117 Å². The average molecular weight is 879 g/mol. The highest BCUT2D eigenvalue weighted by atomic mass is 16.2. The number of carbonyl (C=O) groups is 8. The van der Waals surface area contributed by atoms with Crippen LogP contribution < -0.4 is 53.6 Å². The van der Waals surface area contributed by atoms with Gasteiger partial charge < -0.3 is 53.6 Å². The lowest BCUT2D eigenvalue weighted by atomic mass is 9.94. The molecule has 0 bridgehead atoms. The zero-order valence-electron chi connectivity index (χ0n) is 37.3. The van der Waals surface area contributed by atoms with Crippen molar-refractivity contribution in [2.75, 3.05) is 39.3 Å². The molecule has 8 unspecified atom stereocenters. The lowest BCUT2D eigenvalue weighted by molar-refractivity contribution is -0.130. The van der Waals surface area contributed by atoms with Crippen LogP contribution in [0.25, 0.3) is 0 Å². The summed E-state index contributed by atoms with van der Waals surface area (Å²) >= 11 is 0. The molecule has 1 aromatic rings. The van der Waals surface area contributed by atoms with Crippen molar-refractivity contribution in [2.24, 2.45) is 47.2 Å². The van der Waals surface area contributed by atoms with Gasteiger partial charge in [0.25, 0.3) is 0 Å². The fourth-order valence-corrected chi connectivity index (χ4v) is 9.59. The maximum Gasteiger partial charge on any atom is 0.226 e. The van der Waals surface area contributed by atoms with Crippen LogP contribution in [0.3, 0.4) is 0 Å². The summed E-state index contributed by atoms with van der Waals surface area (Å²) in [6, 6.07) is 7.36. The first-order chi connectivity index (χ1) is 30.1. The molecule has 2 saturated carbocycles. The van der Waals surface area contributed by atoms with E-state index in [1.807, 2.05) is 44.2 Å². The van der Waals surface area contributed by atoms with Gasteiger partial charge in [0.1, 0.15) is 0 Å². The number of benzene rings is 1. The summed E-state index contributed by atoms with van der Waals surface area (Å²) in [4.78, 5) is 104. The van der Waals surface area contributed by atoms with Crippen molar-refractivity contribution in [1.82, 2.24) is 47.9 Å². The normalized spacial score (nSPS) is 26.8. The number of nitrogens with two attached hydrogens (primary N) is 1. The number of rotatable bonds is 21. The Balaban J connectivity index is 1.09. The smallest absolute Gasteiger partial charge is 0.226 e. The fraction of sp³-hybridized carbons (Fsp3) is 0.689. The molecule has 0 radical (unpaired) electrons. The van der Waals surface area contributed by atoms with Crippen molar-refractivity contribution in [3.63, 3.8) is 0 Å². The SMILES string of the molecule is CC(=O)NC1CCCC1C(=O)NC[C@H](C)C(=O)NC1CCCC1C(=O)NC[C@H](CC(C)C)C(=O)NC1CNCC1C(=O)NC1CNCC1C(=O)N[C@H](CC(N)=O)Cc1ccccc1. The van der Waals surface area contributed by atoms with Crippen LogP contribution in [0.15, 0.2) is 30.3 Å². The zero-order chi connectivity index (χ0) is 45.6. The molecule has 63 heavy (non-hydrogen) atoms. The van der Waals surface area contributed by atoms with E-state index in [4.69, 9.17) is 5.73 Å². The van der Waals surface area contributed by atoms with Crippen molar-refractivity contribution in [3.05, 3.63) is 35.9 Å². The minimum Gasteiger partial charge on any atom is -0.370 e. The molecule has 18 nitrogen and oxygen atoms in total. The Hall–Kier alpha value is -5.10. The molecule has 18 heteroatoms. The van der Waals surface area contributed by atoms with Gasteiger partial charge in [0.2, 0.25) is 47.3 Å². The highest BCUT2D eigenvalue weighted by molar-refractivity contribution is 5.87. The standard InChI is InChI=1S/C45H70N10O8/c1-25(2)16-29(20-50-43(61)32-13-9-15-36(32)53-40(58)26(3)19-49-42(60)31-12-8-14-35(31)51-27(4)56)41(59)54-37-23-48-22-34(37)45(63)55-38-24-47-21-33(38)44(62)52-30(18-39(46)57)17-28-10-6-5-7-11-28/h5-7,10-11,25-26,29-38,47-48H,8-9,12-24H2,1-4H3,(H2,46,57)(H,49,60)(H,50,61)(H,51,56)(H,52,62)(H,53,58)(H,54,59)(H,55,63)/t26-,29-,30-,31?,32?,33?,34?,35?,36?,37?,38?/m0/s1. The summed E-state index contributed by atoms with van der Waals surface area (Å²) in [6.45, 7) is 8.79. The summed E-state index contributed by atoms with van der Waals surface area (Å²) in [5, 5.41) is 27.2. The van der Waals surface area contributed by atoms with E-state index in [-0.39, 0.29) is 84.8 Å². The monoisotopic (exact) mass is 879 g/mol. The summed E-state index contributed by atoms with van der Waals surface area (Å²) < 4.78 is 0. The lowest BCUT2D eigenvalue weighted by Crippen LogP contribution is -2.54. The van der Waals surface area contributed by atoms with Crippen LogP contribution in [-0.2, 0) is 44.8 Å². The van der Waals surface area contributed by atoms with E-state index in [9.17, 15) is 38.4 Å². The number of carbonyl (C=O) groups excluding carboxylic acids is 8. The molecule has 2 saturated heterocycles. The molecule has 4 fully saturated rings. The second-order valence-electron chi connectivity index (χ2n) is 18.5. The minimum atomic E-state index is -0.602. The first-order valence-corrected chi connectivity index (χ1v) is 22.9. The van der Waals surface area contributed by atoms with E-state index in [1.165, 1.54) is 6.92 Å². The van der Waals surface area contributed by atoms with Gasteiger partial charge in [-0.25, -0.2) is 0 Å². The van der Waals surface area contributed by atoms with Gasteiger partial charge in [0.15, 0.2) is 0 Å². The molecule has 2 aliphatic carbocycles. The van der Waals surface area contributed by atoms with E-state index in [0.717, 1.165) is 24.8 Å². The van der Waals surface area contributed by atoms with Crippen LogP contribution in [0.4, 0.5) is 0 Å². The van der Waals surface area contributed by atoms with Crippen LogP contribution in [0.5, 0.6) is 0 Å². The lowest BCUT2D eigenvalue weighted by Gasteiger charge is -2.27. The average Bonchev–Trinajstić information content (AvgIpc) is 4.07. The molecule has 8 amide bonds. The van der Waals surface area contributed by atoms with E-state index in [0.29, 0.717) is 58.3 Å². The van der Waals surface area contributed by atoms with Crippen LogP contribution in [0, 0.1) is 41.4 Å². The summed E-state index contributed by atoms with van der Waals surface area (Å²) in [6.07, 6.45) is 5.11. The largest absolute Gasteiger partial charge is 0.370 e. The highest BCUT2D eigenvalue weighted by Gasteiger charge is 2.41. The zero-order valence-corrected chi connectivity index (χ0v) is 37.3. The second kappa shape index (κ2) is 23.5. The van der Waals surface area contributed by atoms with Gasteiger partial charge in [-0.2, -0.15) is 0 Å². The highest BCUT2D eigenvalue weighted by Crippen LogP contribution is 2.28. The van der Waals surface area contributed by atoms with Gasteiger partial charge in [-0.3, -0.25) is 38.4 Å². The molecule has 4 aliphatic rings. The molecule has 0 spiro atoms. The Bertz CT molecular complexity index is 1780. The first-order valence-electron chi connectivity index (χ1n) is 22.9. The van der Waals surface area contributed by atoms with Crippen molar-refractivity contribution in [1.29, 1.82) is 0 Å². The van der Waals surface area contributed by atoms with Gasteiger partial charge in [-0.15, -0.1) is 0 Å². The van der Waals surface area contributed by atoms with Crippen molar-refractivity contribution in [2.45, 2.75) is 116 Å². The predicted molar refractivity (Wildman–Crippen MR) is 235 cm³/mol. The van der Waals surface area contributed by atoms with E-state index in [1.54, 1.807) is 6.92 Å². The van der Waals surface area contributed by atoms with E-state index in [2.05, 4.69) is 47.9 Å².